The van der Waals surface area contributed by atoms with E-state index >= 15 is 0 Å². The van der Waals surface area contributed by atoms with Crippen molar-refractivity contribution < 1.29 is 0 Å². The van der Waals surface area contributed by atoms with Crippen LogP contribution in [0, 0.1) is 0 Å². The van der Waals surface area contributed by atoms with Crippen LogP contribution in [-0.2, 0) is 0 Å². The van der Waals surface area contributed by atoms with Crippen LogP contribution in [0.25, 0.3) is 11.1 Å². The summed E-state index contributed by atoms with van der Waals surface area (Å²) in [4.78, 5) is 7.24. The van der Waals surface area contributed by atoms with E-state index in [0.717, 1.165) is 22.6 Å². The zero-order valence-corrected chi connectivity index (χ0v) is 18.2. The molecule has 1 heterocycles. The van der Waals surface area contributed by atoms with Gasteiger partial charge in [0.2, 0.25) is 0 Å². The van der Waals surface area contributed by atoms with Gasteiger partial charge in [-0.1, -0.05) is 96.5 Å². The largest absolute Gasteiger partial charge is 0.0877 e. The Labute approximate surface area is 184 Å². The van der Waals surface area contributed by atoms with Crippen molar-refractivity contribution in [2.75, 3.05) is 0 Å². The molecule has 0 nitrogen and oxygen atoms in total. The predicted molar refractivity (Wildman–Crippen MR) is 130 cm³/mol. The fourth-order valence-electron chi connectivity index (χ4n) is 3.52. The first-order chi connectivity index (χ1) is 13.7. The number of hydrogen-bond donors (Lipinski definition) is 0. The molecule has 0 fully saturated rings. The number of rotatable bonds is 2. The van der Waals surface area contributed by atoms with Gasteiger partial charge in [-0.2, -0.15) is 0 Å². The van der Waals surface area contributed by atoms with Gasteiger partial charge < -0.3 is 0 Å². The van der Waals surface area contributed by atoms with E-state index in [2.05, 4.69) is 72.9 Å². The van der Waals surface area contributed by atoms with Crippen molar-refractivity contribution >= 4 is 68.8 Å². The Balaban J connectivity index is 1.50. The zero-order valence-electron chi connectivity index (χ0n) is 15.0. The molecule has 0 radical (unpaired) electrons. The maximum absolute atomic E-state index is 5.57. The molecule has 0 bridgehead atoms. The quantitative estimate of drug-likeness (QED) is 0.380. The molecule has 0 aromatic heterocycles. The molecular weight excluding hydrogens is 417 g/mol. The molecule has 0 N–H and O–H groups in total. The Bertz CT molecular complexity index is 1060. The molecule has 5 rings (SSSR count). The van der Waals surface area contributed by atoms with Crippen molar-refractivity contribution in [2.24, 2.45) is 0 Å². The average Bonchev–Trinajstić information content (AvgIpc) is 2.72. The Kier molecular flexibility index (Phi) is 4.97. The second kappa shape index (κ2) is 7.60. The smallest absolute Gasteiger partial charge is 0.0268 e. The Morgan fingerprint density at radius 3 is 1.54 bits per heavy atom. The lowest BCUT2D eigenvalue weighted by Gasteiger charge is -2.21. The molecule has 2 aromatic carbocycles. The lowest BCUT2D eigenvalue weighted by molar-refractivity contribution is 1.15. The van der Waals surface area contributed by atoms with Crippen molar-refractivity contribution in [3.63, 3.8) is 0 Å². The first-order valence-corrected chi connectivity index (χ1v) is 11.6. The van der Waals surface area contributed by atoms with E-state index in [0.29, 0.717) is 0 Å². The van der Waals surface area contributed by atoms with Crippen LogP contribution in [0.4, 0.5) is 0 Å². The van der Waals surface area contributed by atoms with E-state index in [9.17, 15) is 0 Å². The molecule has 1 aliphatic heterocycles. The van der Waals surface area contributed by atoms with Crippen molar-refractivity contribution in [2.45, 2.75) is 32.4 Å². The number of allylic oxidation sites excluding steroid dienone is 8. The van der Waals surface area contributed by atoms with E-state index in [-0.39, 0.29) is 0 Å². The molecule has 0 atom stereocenters. The van der Waals surface area contributed by atoms with Gasteiger partial charge in [-0.25, -0.2) is 0 Å². The van der Waals surface area contributed by atoms with Gasteiger partial charge in [0.05, 0.1) is 0 Å². The molecule has 2 aromatic rings. The zero-order chi connectivity index (χ0) is 19.1. The molecule has 136 valence electrons. The minimum Gasteiger partial charge on any atom is -0.0877 e. The van der Waals surface area contributed by atoms with E-state index in [1.807, 2.05) is 23.5 Å². The fourth-order valence-corrected chi connectivity index (χ4v) is 6.35. The highest BCUT2D eigenvalue weighted by atomic mass is 32.2. The van der Waals surface area contributed by atoms with Crippen LogP contribution in [0.2, 0.25) is 0 Å². The van der Waals surface area contributed by atoms with Crippen LogP contribution < -0.4 is 0 Å². The summed E-state index contributed by atoms with van der Waals surface area (Å²) in [5, 5.41) is 0. The van der Waals surface area contributed by atoms with Crippen LogP contribution in [0.15, 0.2) is 92.4 Å². The van der Waals surface area contributed by atoms with Crippen molar-refractivity contribution in [1.82, 2.24) is 0 Å². The summed E-state index contributed by atoms with van der Waals surface area (Å²) in [6.45, 7) is 0. The Morgan fingerprint density at radius 2 is 1.07 bits per heavy atom. The van der Waals surface area contributed by atoms with Gasteiger partial charge in [0.15, 0.2) is 0 Å². The Hall–Kier alpha value is -1.72. The van der Waals surface area contributed by atoms with Crippen molar-refractivity contribution in [3.05, 3.63) is 84.0 Å². The van der Waals surface area contributed by atoms with Gasteiger partial charge >= 0.3 is 0 Å². The van der Waals surface area contributed by atoms with Crippen molar-refractivity contribution in [3.8, 4) is 0 Å². The second-order valence-corrected chi connectivity index (χ2v) is 9.95. The molecule has 0 unspecified atom stereocenters. The number of thiocarbonyl (C=S) groups is 2. The van der Waals surface area contributed by atoms with E-state index in [1.54, 1.807) is 0 Å². The highest BCUT2D eigenvalue weighted by Crippen LogP contribution is 2.49. The molecule has 0 amide bonds. The second-order valence-electron chi connectivity index (χ2n) is 6.80. The summed E-state index contributed by atoms with van der Waals surface area (Å²) in [7, 11) is 0. The highest BCUT2D eigenvalue weighted by Gasteiger charge is 2.20. The topological polar surface area (TPSA) is 0 Å². The summed E-state index contributed by atoms with van der Waals surface area (Å²) >= 11 is 14.8. The number of hydrogen-bond acceptors (Lipinski definition) is 4. The normalized spacial score (nSPS) is 17.7. The number of fused-ring (bicyclic) bond motifs is 2. The van der Waals surface area contributed by atoms with Crippen molar-refractivity contribution in [1.29, 1.82) is 0 Å². The first-order valence-electron chi connectivity index (χ1n) is 9.14. The van der Waals surface area contributed by atoms with Gasteiger partial charge in [-0.3, -0.25) is 0 Å². The van der Waals surface area contributed by atoms with Crippen LogP contribution in [0.1, 0.15) is 24.0 Å². The summed E-state index contributed by atoms with van der Waals surface area (Å²) in [5.41, 5.74) is 4.77. The lowest BCUT2D eigenvalue weighted by atomic mass is 9.97. The third-order valence-corrected chi connectivity index (χ3v) is 8.25. The van der Waals surface area contributed by atoms with Gasteiger partial charge in [0.1, 0.15) is 0 Å². The maximum atomic E-state index is 5.57. The van der Waals surface area contributed by atoms with Gasteiger partial charge in [-0.15, -0.1) is 0 Å². The summed E-state index contributed by atoms with van der Waals surface area (Å²) in [5.74, 6) is 0. The predicted octanol–water partition coefficient (Wildman–Crippen LogP) is 7.73. The molecule has 2 aliphatic carbocycles. The van der Waals surface area contributed by atoms with Gasteiger partial charge in [-0.05, 0) is 46.5 Å². The monoisotopic (exact) mass is 432 g/mol. The summed E-state index contributed by atoms with van der Waals surface area (Å²) in [6.07, 6.45) is 14.4. The van der Waals surface area contributed by atoms with E-state index in [1.165, 1.54) is 41.9 Å². The first kappa shape index (κ1) is 18.3. The number of benzene rings is 2. The van der Waals surface area contributed by atoms with Crippen LogP contribution >= 0.6 is 48.0 Å². The van der Waals surface area contributed by atoms with E-state index < -0.39 is 0 Å². The minimum absolute atomic E-state index is 0.857. The van der Waals surface area contributed by atoms with Gasteiger partial charge in [0.25, 0.3) is 0 Å². The van der Waals surface area contributed by atoms with Crippen LogP contribution in [0.5, 0.6) is 0 Å². The average molecular weight is 433 g/mol. The van der Waals surface area contributed by atoms with Crippen LogP contribution in [-0.4, -0.2) is 9.73 Å². The third-order valence-electron chi connectivity index (χ3n) is 4.95. The molecule has 3 aliphatic rings. The molecule has 0 saturated carbocycles. The third kappa shape index (κ3) is 3.39. The van der Waals surface area contributed by atoms with Crippen LogP contribution in [0.3, 0.4) is 0 Å². The van der Waals surface area contributed by atoms with Gasteiger partial charge in [0, 0.05) is 42.2 Å². The highest BCUT2D eigenvalue weighted by molar-refractivity contribution is 8.05. The SMILES string of the molecule is S=C1CC=CC=C1c1ccc2c(c1)Sc1cc(C3=CC=CCC3=S)ccc1S2. The minimum atomic E-state index is 0.857. The molecular formula is C24H16S4. The summed E-state index contributed by atoms with van der Waals surface area (Å²) in [6, 6.07) is 13.4. The Morgan fingerprint density at radius 1 is 0.607 bits per heavy atom. The fraction of sp³-hybridized carbons (Fsp3) is 0.0833. The van der Waals surface area contributed by atoms with E-state index in [4.69, 9.17) is 24.4 Å². The molecule has 0 saturated heterocycles. The standard InChI is InChI=1S/C24H16S4/c25-19-7-3-1-5-17(19)15-9-11-21-23(13-15)28-24-14-16(10-12-22(24)27-21)18-6-2-4-8-20(18)26/h1-6,9-14H,7-8H2. The maximum Gasteiger partial charge on any atom is 0.0268 e. The summed E-state index contributed by atoms with van der Waals surface area (Å²) < 4.78 is 0. The molecule has 4 heteroatoms. The molecule has 28 heavy (non-hydrogen) atoms. The lowest BCUT2D eigenvalue weighted by Crippen LogP contribution is -2.02. The molecule has 0 spiro atoms.